The van der Waals surface area contributed by atoms with Gasteiger partial charge < -0.3 is 10.4 Å². The van der Waals surface area contributed by atoms with E-state index < -0.39 is 6.10 Å². The number of fused-ring (bicyclic) bond motifs is 1. The molecule has 1 amide bonds. The van der Waals surface area contributed by atoms with Gasteiger partial charge in [-0.05, 0) is 37.3 Å². The number of carbonyl (C=O) groups excluding carboxylic acids is 1. The molecule has 1 atom stereocenters. The summed E-state index contributed by atoms with van der Waals surface area (Å²) in [7, 11) is 0. The van der Waals surface area contributed by atoms with E-state index in [2.05, 4.69) is 26.2 Å². The zero-order valence-electron chi connectivity index (χ0n) is 14.6. The minimum atomic E-state index is -0.716. The van der Waals surface area contributed by atoms with Crippen molar-refractivity contribution in [1.82, 2.24) is 9.55 Å². The number of rotatable bonds is 6. The first-order valence-electron chi connectivity index (χ1n) is 8.30. The molecule has 0 saturated heterocycles. The number of hydrogen-bond donors (Lipinski definition) is 2. The molecule has 1 aromatic heterocycles. The molecule has 0 unspecified atom stereocenters. The molecular formula is C19H18BrN3O3S. The van der Waals surface area contributed by atoms with Gasteiger partial charge in [-0.3, -0.25) is 14.2 Å². The van der Waals surface area contributed by atoms with Gasteiger partial charge in [-0.25, -0.2) is 4.98 Å². The second kappa shape index (κ2) is 8.69. The minimum absolute atomic E-state index is 0.100. The van der Waals surface area contributed by atoms with Crippen LogP contribution in [0.4, 0.5) is 5.69 Å². The molecule has 2 N–H and O–H groups in total. The first kappa shape index (κ1) is 19.6. The van der Waals surface area contributed by atoms with Crippen molar-refractivity contribution in [1.29, 1.82) is 0 Å². The van der Waals surface area contributed by atoms with Crippen LogP contribution in [-0.4, -0.2) is 32.4 Å². The third kappa shape index (κ3) is 4.97. The molecule has 0 aliphatic carbocycles. The fourth-order valence-electron chi connectivity index (χ4n) is 2.56. The lowest BCUT2D eigenvalue weighted by Crippen LogP contribution is -2.28. The van der Waals surface area contributed by atoms with Crippen LogP contribution in [0.5, 0.6) is 0 Å². The Morgan fingerprint density at radius 1 is 1.30 bits per heavy atom. The van der Waals surface area contributed by atoms with E-state index in [9.17, 15) is 14.7 Å². The van der Waals surface area contributed by atoms with E-state index in [4.69, 9.17) is 0 Å². The maximum Gasteiger partial charge on any atom is 0.262 e. The van der Waals surface area contributed by atoms with Crippen LogP contribution in [0.15, 0.2) is 63.0 Å². The average Bonchev–Trinajstić information content (AvgIpc) is 2.64. The van der Waals surface area contributed by atoms with E-state index in [0.29, 0.717) is 21.7 Å². The quantitative estimate of drug-likeness (QED) is 0.447. The van der Waals surface area contributed by atoms with Gasteiger partial charge >= 0.3 is 0 Å². The number of nitrogens with zero attached hydrogens (tertiary/aromatic N) is 2. The summed E-state index contributed by atoms with van der Waals surface area (Å²) >= 11 is 4.52. The zero-order chi connectivity index (χ0) is 19.4. The predicted octanol–water partition coefficient (Wildman–Crippen LogP) is 3.27. The lowest BCUT2D eigenvalue weighted by molar-refractivity contribution is -0.113. The Labute approximate surface area is 168 Å². The maximum atomic E-state index is 12.8. The van der Waals surface area contributed by atoms with Gasteiger partial charge in [-0.15, -0.1) is 0 Å². The van der Waals surface area contributed by atoms with E-state index in [1.165, 1.54) is 16.3 Å². The van der Waals surface area contributed by atoms with E-state index in [0.717, 1.165) is 4.47 Å². The van der Waals surface area contributed by atoms with Crippen molar-refractivity contribution in [3.8, 4) is 0 Å². The summed E-state index contributed by atoms with van der Waals surface area (Å²) in [6.07, 6.45) is -0.716. The molecule has 3 rings (SSSR count). The largest absolute Gasteiger partial charge is 0.392 e. The summed E-state index contributed by atoms with van der Waals surface area (Å²) in [5.74, 6) is -0.0941. The normalized spacial score (nSPS) is 12.1. The first-order valence-corrected chi connectivity index (χ1v) is 10.1. The van der Waals surface area contributed by atoms with Gasteiger partial charge in [-0.2, -0.15) is 0 Å². The number of aliphatic hydroxyl groups excluding tert-OH is 1. The van der Waals surface area contributed by atoms with Gasteiger partial charge in [-0.1, -0.05) is 45.9 Å². The van der Waals surface area contributed by atoms with Crippen molar-refractivity contribution in [2.75, 3.05) is 11.1 Å². The Morgan fingerprint density at radius 3 is 2.74 bits per heavy atom. The van der Waals surface area contributed by atoms with Crippen molar-refractivity contribution in [2.45, 2.75) is 24.7 Å². The smallest absolute Gasteiger partial charge is 0.262 e. The molecule has 0 bridgehead atoms. The number of benzene rings is 2. The standard InChI is InChI=1S/C19H18BrN3O3S/c1-12(24)10-23-18(26)15-9-13(20)7-8-16(15)22-19(23)27-11-17(25)21-14-5-3-2-4-6-14/h2-9,12,24H,10-11H2,1H3,(H,21,25)/t12-/m1/s1. The number of aromatic nitrogens is 2. The van der Waals surface area contributed by atoms with E-state index in [1.54, 1.807) is 31.2 Å². The molecule has 8 heteroatoms. The van der Waals surface area contributed by atoms with Gasteiger partial charge in [0.25, 0.3) is 5.56 Å². The van der Waals surface area contributed by atoms with E-state index in [-0.39, 0.29) is 23.8 Å². The number of halogens is 1. The number of nitrogens with one attached hydrogen (secondary N) is 1. The Bertz CT molecular complexity index is 1020. The SMILES string of the molecule is C[C@@H](O)Cn1c(SCC(=O)Nc2ccccc2)nc2ccc(Br)cc2c1=O. The van der Waals surface area contributed by atoms with Gasteiger partial charge in [0, 0.05) is 10.2 Å². The highest BCUT2D eigenvalue weighted by Crippen LogP contribution is 2.21. The molecule has 6 nitrogen and oxygen atoms in total. The van der Waals surface area contributed by atoms with Crippen molar-refractivity contribution in [3.63, 3.8) is 0 Å². The molecule has 3 aromatic rings. The highest BCUT2D eigenvalue weighted by Gasteiger charge is 2.15. The monoisotopic (exact) mass is 447 g/mol. The van der Waals surface area contributed by atoms with Crippen LogP contribution in [-0.2, 0) is 11.3 Å². The summed E-state index contributed by atoms with van der Waals surface area (Å²) < 4.78 is 2.19. The zero-order valence-corrected chi connectivity index (χ0v) is 17.0. The molecule has 0 aliphatic rings. The van der Waals surface area contributed by atoms with Crippen LogP contribution in [0.1, 0.15) is 6.92 Å². The number of para-hydroxylation sites is 1. The summed E-state index contributed by atoms with van der Waals surface area (Å²) in [5, 5.41) is 13.4. The third-order valence-corrected chi connectivity index (χ3v) is 5.19. The first-order chi connectivity index (χ1) is 12.9. The number of anilines is 1. The molecule has 0 radical (unpaired) electrons. The maximum absolute atomic E-state index is 12.8. The minimum Gasteiger partial charge on any atom is -0.392 e. The summed E-state index contributed by atoms with van der Waals surface area (Å²) in [5.41, 5.74) is 1.02. The topological polar surface area (TPSA) is 84.2 Å². The van der Waals surface area contributed by atoms with E-state index >= 15 is 0 Å². The number of carbonyl (C=O) groups is 1. The van der Waals surface area contributed by atoms with Crippen LogP contribution < -0.4 is 10.9 Å². The Kier molecular flexibility index (Phi) is 6.30. The molecule has 140 valence electrons. The van der Waals surface area contributed by atoms with Crippen LogP contribution >= 0.6 is 27.7 Å². The second-order valence-corrected chi connectivity index (χ2v) is 7.88. The number of hydrogen-bond acceptors (Lipinski definition) is 5. The fraction of sp³-hybridized carbons (Fsp3) is 0.211. The van der Waals surface area contributed by atoms with Crippen molar-refractivity contribution in [3.05, 3.63) is 63.4 Å². The van der Waals surface area contributed by atoms with Crippen LogP contribution in [0.25, 0.3) is 10.9 Å². The lowest BCUT2D eigenvalue weighted by Gasteiger charge is -2.14. The van der Waals surface area contributed by atoms with Crippen molar-refractivity contribution in [2.24, 2.45) is 0 Å². The van der Waals surface area contributed by atoms with Crippen molar-refractivity contribution >= 4 is 50.2 Å². The summed E-state index contributed by atoms with van der Waals surface area (Å²) in [4.78, 5) is 29.6. The predicted molar refractivity (Wildman–Crippen MR) is 111 cm³/mol. The lowest BCUT2D eigenvalue weighted by atomic mass is 10.2. The van der Waals surface area contributed by atoms with Gasteiger partial charge in [0.2, 0.25) is 5.91 Å². The summed E-state index contributed by atoms with van der Waals surface area (Å²) in [6, 6.07) is 14.4. The van der Waals surface area contributed by atoms with Crippen molar-refractivity contribution < 1.29 is 9.90 Å². The number of aliphatic hydroxyl groups is 1. The number of thioether (sulfide) groups is 1. The van der Waals surface area contributed by atoms with E-state index in [1.807, 2.05) is 24.3 Å². The summed E-state index contributed by atoms with van der Waals surface area (Å²) in [6.45, 7) is 1.71. The Morgan fingerprint density at radius 2 is 2.04 bits per heavy atom. The van der Waals surface area contributed by atoms with Crippen LogP contribution in [0.2, 0.25) is 0 Å². The molecule has 1 heterocycles. The van der Waals surface area contributed by atoms with Gasteiger partial charge in [0.15, 0.2) is 5.16 Å². The van der Waals surface area contributed by atoms with Gasteiger partial charge in [0.05, 0.1) is 29.3 Å². The molecule has 0 aliphatic heterocycles. The molecule has 27 heavy (non-hydrogen) atoms. The molecule has 0 saturated carbocycles. The molecular weight excluding hydrogens is 430 g/mol. The van der Waals surface area contributed by atoms with Crippen LogP contribution in [0.3, 0.4) is 0 Å². The average molecular weight is 448 g/mol. The van der Waals surface area contributed by atoms with Gasteiger partial charge in [0.1, 0.15) is 0 Å². The Hall–Kier alpha value is -2.16. The van der Waals surface area contributed by atoms with Crippen LogP contribution in [0, 0.1) is 0 Å². The molecule has 2 aromatic carbocycles. The number of amides is 1. The molecule has 0 spiro atoms. The second-order valence-electron chi connectivity index (χ2n) is 6.02. The highest BCUT2D eigenvalue weighted by molar-refractivity contribution is 9.10. The molecule has 0 fully saturated rings. The fourth-order valence-corrected chi connectivity index (χ4v) is 3.73. The Balaban J connectivity index is 1.87. The third-order valence-electron chi connectivity index (χ3n) is 3.72. The highest BCUT2D eigenvalue weighted by atomic mass is 79.9.